The lowest BCUT2D eigenvalue weighted by molar-refractivity contribution is -0.118. The summed E-state index contributed by atoms with van der Waals surface area (Å²) in [5.41, 5.74) is 1.66. The van der Waals surface area contributed by atoms with Gasteiger partial charge >= 0.3 is 0 Å². The monoisotopic (exact) mass is 403 g/mol. The summed E-state index contributed by atoms with van der Waals surface area (Å²) in [6.07, 6.45) is 2.09. The van der Waals surface area contributed by atoms with E-state index in [1.54, 1.807) is 24.3 Å². The summed E-state index contributed by atoms with van der Waals surface area (Å²) in [5, 5.41) is 20.6. The topological polar surface area (TPSA) is 74.0 Å². The van der Waals surface area contributed by atoms with Gasteiger partial charge in [0.2, 0.25) is 5.91 Å². The average Bonchev–Trinajstić information content (AvgIpc) is 2.91. The molecule has 1 amide bonds. The minimum Gasteiger partial charge on any atom is -0.507 e. The molecular formula is C17H14BrN3O2S. The Labute approximate surface area is 152 Å². The number of amidine groups is 1. The lowest BCUT2D eigenvalue weighted by Gasteiger charge is -2.05. The Bertz CT molecular complexity index is 806. The highest BCUT2D eigenvalue weighted by Gasteiger charge is 2.30. The van der Waals surface area contributed by atoms with Crippen LogP contribution in [0.4, 0.5) is 0 Å². The van der Waals surface area contributed by atoms with Crippen LogP contribution >= 0.6 is 27.7 Å². The lowest BCUT2D eigenvalue weighted by atomic mass is 10.1. The number of nitrogens with zero attached hydrogens (tertiary/aromatic N) is 2. The molecule has 1 saturated heterocycles. The SMILES string of the molecule is O=C1N/C(=N\N=C/c2ccccc2O)S[C@H]1Cc1ccc(Br)cc1. The number of nitrogens with one attached hydrogen (secondary N) is 1. The number of para-hydroxylation sites is 1. The van der Waals surface area contributed by atoms with Crippen LogP contribution in [-0.2, 0) is 11.2 Å². The zero-order valence-electron chi connectivity index (χ0n) is 12.5. The van der Waals surface area contributed by atoms with E-state index >= 15 is 0 Å². The molecule has 0 unspecified atom stereocenters. The van der Waals surface area contributed by atoms with Crippen LogP contribution in [0.3, 0.4) is 0 Å². The van der Waals surface area contributed by atoms with Crippen LogP contribution in [0.5, 0.6) is 5.75 Å². The summed E-state index contributed by atoms with van der Waals surface area (Å²) in [5.74, 6) is 0.0668. The Kier molecular flexibility index (Phi) is 5.32. The number of aromatic hydroxyl groups is 1. The molecule has 0 bridgehead atoms. The Morgan fingerprint density at radius 2 is 1.96 bits per heavy atom. The highest BCUT2D eigenvalue weighted by Crippen LogP contribution is 2.24. The van der Waals surface area contributed by atoms with Crippen molar-refractivity contribution in [3.63, 3.8) is 0 Å². The van der Waals surface area contributed by atoms with Crippen LogP contribution in [0.2, 0.25) is 0 Å². The van der Waals surface area contributed by atoms with Crippen molar-refractivity contribution < 1.29 is 9.90 Å². The molecule has 3 rings (SSSR count). The van der Waals surface area contributed by atoms with Gasteiger partial charge in [-0.1, -0.05) is 52.0 Å². The molecule has 0 spiro atoms. The number of thioether (sulfide) groups is 1. The van der Waals surface area contributed by atoms with Gasteiger partial charge in [0, 0.05) is 10.0 Å². The van der Waals surface area contributed by atoms with E-state index < -0.39 is 0 Å². The van der Waals surface area contributed by atoms with Crippen molar-refractivity contribution in [1.29, 1.82) is 0 Å². The van der Waals surface area contributed by atoms with Gasteiger partial charge in [-0.15, -0.1) is 5.10 Å². The van der Waals surface area contributed by atoms with E-state index in [1.165, 1.54) is 18.0 Å². The van der Waals surface area contributed by atoms with Crippen LogP contribution in [0.15, 0.2) is 63.2 Å². The molecule has 24 heavy (non-hydrogen) atoms. The fraction of sp³-hybridized carbons (Fsp3) is 0.118. The van der Waals surface area contributed by atoms with Crippen LogP contribution < -0.4 is 5.32 Å². The minimum absolute atomic E-state index is 0.0700. The van der Waals surface area contributed by atoms with Crippen molar-refractivity contribution in [2.75, 3.05) is 0 Å². The predicted octanol–water partition coefficient (Wildman–Crippen LogP) is 3.32. The summed E-state index contributed by atoms with van der Waals surface area (Å²) in [6, 6.07) is 14.7. The Morgan fingerprint density at radius 3 is 2.71 bits per heavy atom. The van der Waals surface area contributed by atoms with Gasteiger partial charge in [0.15, 0.2) is 5.17 Å². The molecule has 2 N–H and O–H groups in total. The lowest BCUT2D eigenvalue weighted by Crippen LogP contribution is -2.25. The van der Waals surface area contributed by atoms with Gasteiger partial charge in [0.1, 0.15) is 5.75 Å². The average molecular weight is 404 g/mol. The molecule has 1 aliphatic rings. The van der Waals surface area contributed by atoms with Crippen molar-refractivity contribution >= 4 is 45.0 Å². The van der Waals surface area contributed by atoms with Crippen molar-refractivity contribution in [3.05, 3.63) is 64.1 Å². The zero-order valence-corrected chi connectivity index (χ0v) is 14.9. The molecule has 1 atom stereocenters. The molecular weight excluding hydrogens is 390 g/mol. The number of carbonyl (C=O) groups is 1. The maximum atomic E-state index is 12.0. The molecule has 0 saturated carbocycles. The van der Waals surface area contributed by atoms with Gasteiger partial charge in [-0.3, -0.25) is 4.79 Å². The highest BCUT2D eigenvalue weighted by atomic mass is 79.9. The largest absolute Gasteiger partial charge is 0.507 e. The van der Waals surface area contributed by atoms with Crippen LogP contribution in [0.1, 0.15) is 11.1 Å². The van der Waals surface area contributed by atoms with E-state index in [0.29, 0.717) is 17.2 Å². The molecule has 2 aromatic rings. The first-order valence-electron chi connectivity index (χ1n) is 7.23. The highest BCUT2D eigenvalue weighted by molar-refractivity contribution is 9.10. The number of phenols is 1. The smallest absolute Gasteiger partial charge is 0.239 e. The van der Waals surface area contributed by atoms with Crippen molar-refractivity contribution in [3.8, 4) is 5.75 Å². The molecule has 5 nitrogen and oxygen atoms in total. The second kappa shape index (κ2) is 7.63. The quantitative estimate of drug-likeness (QED) is 0.607. The summed E-state index contributed by atoms with van der Waals surface area (Å²) in [6.45, 7) is 0. The summed E-state index contributed by atoms with van der Waals surface area (Å²) < 4.78 is 1.01. The summed E-state index contributed by atoms with van der Waals surface area (Å²) in [7, 11) is 0. The first kappa shape index (κ1) is 16.7. The van der Waals surface area contributed by atoms with Gasteiger partial charge < -0.3 is 10.4 Å². The first-order chi connectivity index (χ1) is 11.6. The number of rotatable bonds is 4. The van der Waals surface area contributed by atoms with Crippen molar-refractivity contribution in [2.24, 2.45) is 10.2 Å². The second-order valence-corrected chi connectivity index (χ2v) is 7.24. The maximum Gasteiger partial charge on any atom is 0.239 e. The Hall–Kier alpha value is -2.12. The molecule has 0 radical (unpaired) electrons. The number of hydrogen-bond donors (Lipinski definition) is 2. The fourth-order valence-electron chi connectivity index (χ4n) is 2.16. The first-order valence-corrected chi connectivity index (χ1v) is 8.90. The molecule has 1 aliphatic heterocycles. The number of halogens is 1. The van der Waals surface area contributed by atoms with Gasteiger partial charge in [-0.2, -0.15) is 5.10 Å². The van der Waals surface area contributed by atoms with Crippen LogP contribution in [-0.4, -0.2) is 27.6 Å². The molecule has 0 aliphatic carbocycles. The van der Waals surface area contributed by atoms with E-state index in [0.717, 1.165) is 10.0 Å². The predicted molar refractivity (Wildman–Crippen MR) is 101 cm³/mol. The molecule has 122 valence electrons. The number of carbonyl (C=O) groups excluding carboxylic acids is 1. The number of benzene rings is 2. The normalized spacial score (nSPS) is 19.1. The molecule has 1 heterocycles. The van der Waals surface area contributed by atoms with E-state index in [9.17, 15) is 9.90 Å². The zero-order chi connectivity index (χ0) is 16.9. The molecule has 1 fully saturated rings. The number of amides is 1. The number of hydrogen-bond acceptors (Lipinski definition) is 5. The minimum atomic E-state index is -0.217. The van der Waals surface area contributed by atoms with E-state index in [-0.39, 0.29) is 16.9 Å². The Balaban J connectivity index is 1.63. The second-order valence-electron chi connectivity index (χ2n) is 5.13. The van der Waals surface area contributed by atoms with Gasteiger partial charge in [0.05, 0.1) is 11.5 Å². The van der Waals surface area contributed by atoms with Crippen LogP contribution in [0, 0.1) is 0 Å². The number of phenolic OH excluding ortho intramolecular Hbond substituents is 1. The van der Waals surface area contributed by atoms with Gasteiger partial charge in [0.25, 0.3) is 0 Å². The third-order valence-corrected chi connectivity index (χ3v) is 4.99. The van der Waals surface area contributed by atoms with Crippen LogP contribution in [0.25, 0.3) is 0 Å². The van der Waals surface area contributed by atoms with Crippen molar-refractivity contribution in [2.45, 2.75) is 11.7 Å². The van der Waals surface area contributed by atoms with Gasteiger partial charge in [-0.25, -0.2) is 0 Å². The van der Waals surface area contributed by atoms with E-state index in [4.69, 9.17) is 0 Å². The Morgan fingerprint density at radius 1 is 1.21 bits per heavy atom. The van der Waals surface area contributed by atoms with E-state index in [1.807, 2.05) is 24.3 Å². The summed E-state index contributed by atoms with van der Waals surface area (Å²) >= 11 is 4.75. The standard InChI is InChI=1S/C17H14BrN3O2S/c18-13-7-5-11(6-8-13)9-15-16(23)20-17(24-15)21-19-10-12-3-1-2-4-14(12)22/h1-8,10,15,22H,9H2,(H,20,21,23)/b19-10-/t15-/m0/s1. The third kappa shape index (κ3) is 4.24. The van der Waals surface area contributed by atoms with Gasteiger partial charge in [-0.05, 0) is 36.2 Å². The molecule has 2 aromatic carbocycles. The molecule has 7 heteroatoms. The maximum absolute atomic E-state index is 12.0. The third-order valence-electron chi connectivity index (χ3n) is 3.39. The summed E-state index contributed by atoms with van der Waals surface area (Å²) in [4.78, 5) is 12.0. The fourth-order valence-corrected chi connectivity index (χ4v) is 3.39. The molecule has 0 aromatic heterocycles. The van der Waals surface area contributed by atoms with Crippen molar-refractivity contribution in [1.82, 2.24) is 5.32 Å². The van der Waals surface area contributed by atoms with E-state index in [2.05, 4.69) is 31.4 Å².